The van der Waals surface area contributed by atoms with E-state index in [1.807, 2.05) is 6.92 Å². The first-order chi connectivity index (χ1) is 12.8. The summed E-state index contributed by atoms with van der Waals surface area (Å²) in [5.41, 5.74) is 1.64. The van der Waals surface area contributed by atoms with Crippen LogP contribution in [0.5, 0.6) is 0 Å². The minimum atomic E-state index is -3.77. The summed E-state index contributed by atoms with van der Waals surface area (Å²) < 4.78 is 32.2. The van der Waals surface area contributed by atoms with E-state index in [1.165, 1.54) is 24.3 Å². The zero-order chi connectivity index (χ0) is 19.4. The van der Waals surface area contributed by atoms with Crippen molar-refractivity contribution in [2.24, 2.45) is 0 Å². The fourth-order valence-corrected chi connectivity index (χ4v) is 3.38. The Morgan fingerprint density at radius 2 is 1.67 bits per heavy atom. The zero-order valence-electron chi connectivity index (χ0n) is 14.8. The van der Waals surface area contributed by atoms with E-state index in [4.69, 9.17) is 4.74 Å². The van der Waals surface area contributed by atoms with Crippen LogP contribution in [0.1, 0.15) is 28.8 Å². The molecule has 27 heavy (non-hydrogen) atoms. The molecule has 1 amide bonds. The third kappa shape index (κ3) is 5.30. The number of nitrogens with one attached hydrogen (secondary N) is 2. The molecule has 1 aliphatic rings. The van der Waals surface area contributed by atoms with Crippen molar-refractivity contribution in [3.8, 4) is 0 Å². The number of amides is 1. The van der Waals surface area contributed by atoms with E-state index in [2.05, 4.69) is 10.0 Å². The third-order valence-electron chi connectivity index (χ3n) is 3.98. The van der Waals surface area contributed by atoms with Crippen LogP contribution in [-0.4, -0.2) is 32.9 Å². The molecule has 3 rings (SSSR count). The number of carbonyl (C=O) groups excluding carboxylic acids is 2. The molecule has 7 nitrogen and oxygen atoms in total. The smallest absolute Gasteiger partial charge is 0.338 e. The van der Waals surface area contributed by atoms with E-state index in [0.717, 1.165) is 18.4 Å². The van der Waals surface area contributed by atoms with E-state index >= 15 is 0 Å². The molecular formula is C19H20N2O5S. The molecule has 0 aromatic heterocycles. The summed E-state index contributed by atoms with van der Waals surface area (Å²) in [6.45, 7) is 1.55. The van der Waals surface area contributed by atoms with Gasteiger partial charge in [0.15, 0.2) is 6.61 Å². The maximum absolute atomic E-state index is 12.4. The first-order valence-corrected chi connectivity index (χ1v) is 9.98. The molecule has 0 spiro atoms. The number of aryl methyl sites for hydroxylation is 1. The molecule has 1 fully saturated rings. The third-order valence-corrected chi connectivity index (χ3v) is 5.38. The normalized spacial score (nSPS) is 13.7. The number of anilines is 1. The molecule has 0 bridgehead atoms. The lowest BCUT2D eigenvalue weighted by Crippen LogP contribution is -2.30. The van der Waals surface area contributed by atoms with Gasteiger partial charge in [0.25, 0.3) is 15.9 Å². The van der Waals surface area contributed by atoms with Crippen molar-refractivity contribution in [1.29, 1.82) is 0 Å². The molecule has 0 unspecified atom stereocenters. The van der Waals surface area contributed by atoms with Gasteiger partial charge in [0, 0.05) is 11.7 Å². The topological polar surface area (TPSA) is 102 Å². The number of esters is 1. The van der Waals surface area contributed by atoms with Gasteiger partial charge in [-0.15, -0.1) is 0 Å². The van der Waals surface area contributed by atoms with Crippen LogP contribution in [0.3, 0.4) is 0 Å². The molecule has 0 saturated heterocycles. The molecule has 1 aliphatic carbocycles. The van der Waals surface area contributed by atoms with Gasteiger partial charge in [-0.05, 0) is 56.2 Å². The Bertz CT molecular complexity index is 933. The van der Waals surface area contributed by atoms with Gasteiger partial charge in [0.05, 0.1) is 10.5 Å². The van der Waals surface area contributed by atoms with E-state index in [0.29, 0.717) is 5.69 Å². The standard InChI is InChI=1S/C19H20N2O5S/c1-13-2-6-16(7-3-13)21-27(24,25)17-10-4-14(5-11-17)19(23)26-12-18(22)20-15-8-9-15/h2-7,10-11,15,21H,8-9,12H2,1H3,(H,20,22). The van der Waals surface area contributed by atoms with Crippen LogP contribution in [0, 0.1) is 6.92 Å². The Morgan fingerprint density at radius 3 is 2.26 bits per heavy atom. The average Bonchev–Trinajstić information content (AvgIpc) is 3.45. The second-order valence-corrected chi connectivity index (χ2v) is 8.10. The van der Waals surface area contributed by atoms with Crippen molar-refractivity contribution < 1.29 is 22.7 Å². The molecule has 0 radical (unpaired) electrons. The van der Waals surface area contributed by atoms with Crippen LogP contribution >= 0.6 is 0 Å². The van der Waals surface area contributed by atoms with Crippen molar-refractivity contribution >= 4 is 27.6 Å². The summed E-state index contributed by atoms with van der Waals surface area (Å²) in [5, 5.41) is 2.71. The second-order valence-electron chi connectivity index (χ2n) is 6.41. The van der Waals surface area contributed by atoms with Gasteiger partial charge in [0.1, 0.15) is 0 Å². The molecule has 0 atom stereocenters. The summed E-state index contributed by atoms with van der Waals surface area (Å²) in [5.74, 6) is -1.02. The van der Waals surface area contributed by atoms with Crippen molar-refractivity contribution in [2.45, 2.75) is 30.7 Å². The van der Waals surface area contributed by atoms with E-state index in [1.54, 1.807) is 24.3 Å². The number of benzene rings is 2. The van der Waals surface area contributed by atoms with Gasteiger partial charge in [-0.2, -0.15) is 0 Å². The van der Waals surface area contributed by atoms with E-state index in [-0.39, 0.29) is 29.0 Å². The fraction of sp³-hybridized carbons (Fsp3) is 0.263. The van der Waals surface area contributed by atoms with Crippen LogP contribution in [0.25, 0.3) is 0 Å². The predicted molar refractivity (Wildman–Crippen MR) is 99.9 cm³/mol. The SMILES string of the molecule is Cc1ccc(NS(=O)(=O)c2ccc(C(=O)OCC(=O)NC3CC3)cc2)cc1. The molecule has 1 saturated carbocycles. The summed E-state index contributed by atoms with van der Waals surface area (Å²) in [7, 11) is -3.77. The van der Waals surface area contributed by atoms with Gasteiger partial charge in [-0.1, -0.05) is 17.7 Å². The molecule has 142 valence electrons. The van der Waals surface area contributed by atoms with Crippen LogP contribution < -0.4 is 10.0 Å². The largest absolute Gasteiger partial charge is 0.452 e. The van der Waals surface area contributed by atoms with Gasteiger partial charge >= 0.3 is 5.97 Å². The van der Waals surface area contributed by atoms with Crippen LogP contribution in [0.4, 0.5) is 5.69 Å². The van der Waals surface area contributed by atoms with Crippen molar-refractivity contribution in [1.82, 2.24) is 5.32 Å². The number of carbonyl (C=O) groups is 2. The number of ether oxygens (including phenoxy) is 1. The van der Waals surface area contributed by atoms with Gasteiger partial charge < -0.3 is 10.1 Å². The summed E-state index contributed by atoms with van der Waals surface area (Å²) >= 11 is 0. The monoisotopic (exact) mass is 388 g/mol. The highest BCUT2D eigenvalue weighted by Gasteiger charge is 2.23. The molecule has 0 aliphatic heterocycles. The zero-order valence-corrected chi connectivity index (χ0v) is 15.6. The minimum absolute atomic E-state index is 0.0195. The Morgan fingerprint density at radius 1 is 1.04 bits per heavy atom. The molecular weight excluding hydrogens is 368 g/mol. The van der Waals surface area contributed by atoms with Gasteiger partial charge in [-0.3, -0.25) is 9.52 Å². The highest BCUT2D eigenvalue weighted by atomic mass is 32.2. The Kier molecular flexibility index (Phi) is 5.46. The highest BCUT2D eigenvalue weighted by molar-refractivity contribution is 7.92. The van der Waals surface area contributed by atoms with Crippen molar-refractivity contribution in [3.05, 3.63) is 59.7 Å². The second kappa shape index (κ2) is 7.79. The number of rotatable bonds is 7. The van der Waals surface area contributed by atoms with Crippen molar-refractivity contribution in [2.75, 3.05) is 11.3 Å². The molecule has 2 aromatic rings. The predicted octanol–water partition coefficient (Wildman–Crippen LogP) is 2.23. The number of hydrogen-bond donors (Lipinski definition) is 2. The molecule has 2 aromatic carbocycles. The first-order valence-electron chi connectivity index (χ1n) is 8.49. The van der Waals surface area contributed by atoms with Crippen LogP contribution in [0.2, 0.25) is 0 Å². The Labute approximate surface area is 157 Å². The average molecular weight is 388 g/mol. The maximum Gasteiger partial charge on any atom is 0.338 e. The van der Waals surface area contributed by atoms with Crippen LogP contribution in [-0.2, 0) is 19.6 Å². The number of hydrogen-bond acceptors (Lipinski definition) is 5. The quantitative estimate of drug-likeness (QED) is 0.708. The molecule has 8 heteroatoms. The summed E-state index contributed by atoms with van der Waals surface area (Å²) in [6, 6.07) is 12.5. The lowest BCUT2D eigenvalue weighted by molar-refractivity contribution is -0.124. The molecule has 0 heterocycles. The maximum atomic E-state index is 12.4. The Balaban J connectivity index is 1.60. The van der Waals surface area contributed by atoms with E-state index < -0.39 is 16.0 Å². The summed E-state index contributed by atoms with van der Waals surface area (Å²) in [4.78, 5) is 23.5. The van der Waals surface area contributed by atoms with Crippen LogP contribution in [0.15, 0.2) is 53.4 Å². The lowest BCUT2D eigenvalue weighted by Gasteiger charge is -2.09. The first kappa shape index (κ1) is 18.9. The Hall–Kier alpha value is -2.87. The van der Waals surface area contributed by atoms with Gasteiger partial charge in [-0.25, -0.2) is 13.2 Å². The minimum Gasteiger partial charge on any atom is -0.452 e. The number of sulfonamides is 1. The van der Waals surface area contributed by atoms with E-state index in [9.17, 15) is 18.0 Å². The lowest BCUT2D eigenvalue weighted by atomic mass is 10.2. The fourth-order valence-electron chi connectivity index (χ4n) is 2.32. The van der Waals surface area contributed by atoms with Gasteiger partial charge in [0.2, 0.25) is 0 Å². The highest BCUT2D eigenvalue weighted by Crippen LogP contribution is 2.19. The summed E-state index contributed by atoms with van der Waals surface area (Å²) in [6.07, 6.45) is 1.90. The van der Waals surface area contributed by atoms with Crippen molar-refractivity contribution in [3.63, 3.8) is 0 Å². The molecule has 2 N–H and O–H groups in total.